The standard InChI is InChI=1S/C11H20O/c1-11(2)8-12-10(11)9-6-4-3-5-7-9/h9-10H,3-8H2,1-2H3. The molecule has 0 amide bonds. The highest BCUT2D eigenvalue weighted by molar-refractivity contribution is 4.92. The van der Waals surface area contributed by atoms with E-state index in [2.05, 4.69) is 13.8 Å². The van der Waals surface area contributed by atoms with Crippen LogP contribution < -0.4 is 0 Å². The highest BCUT2D eigenvalue weighted by Crippen LogP contribution is 2.43. The van der Waals surface area contributed by atoms with Crippen molar-refractivity contribution in [3.05, 3.63) is 0 Å². The van der Waals surface area contributed by atoms with E-state index in [4.69, 9.17) is 4.74 Å². The van der Waals surface area contributed by atoms with E-state index in [1.54, 1.807) is 0 Å². The molecule has 0 aromatic carbocycles. The lowest BCUT2D eigenvalue weighted by atomic mass is 9.71. The second kappa shape index (κ2) is 3.02. The Labute approximate surface area is 75.5 Å². The zero-order valence-corrected chi connectivity index (χ0v) is 8.31. The lowest BCUT2D eigenvalue weighted by Gasteiger charge is -2.49. The second-order valence-electron chi connectivity index (χ2n) is 5.12. The molecule has 1 aliphatic heterocycles. The molecule has 70 valence electrons. The molecule has 1 aliphatic carbocycles. The van der Waals surface area contributed by atoms with Gasteiger partial charge >= 0.3 is 0 Å². The van der Waals surface area contributed by atoms with Crippen LogP contribution >= 0.6 is 0 Å². The molecule has 1 heteroatoms. The van der Waals surface area contributed by atoms with Gasteiger partial charge in [0, 0.05) is 5.41 Å². The van der Waals surface area contributed by atoms with Crippen LogP contribution in [-0.4, -0.2) is 12.7 Å². The van der Waals surface area contributed by atoms with Crippen molar-refractivity contribution in [3.63, 3.8) is 0 Å². The Hall–Kier alpha value is -0.0400. The third-order valence-electron chi connectivity index (χ3n) is 3.48. The fraction of sp³-hybridized carbons (Fsp3) is 1.00. The molecule has 0 aromatic rings. The third-order valence-corrected chi connectivity index (χ3v) is 3.48. The summed E-state index contributed by atoms with van der Waals surface area (Å²) in [5.74, 6) is 0.877. The zero-order chi connectivity index (χ0) is 8.60. The quantitative estimate of drug-likeness (QED) is 0.585. The lowest BCUT2D eigenvalue weighted by molar-refractivity contribution is -0.197. The van der Waals surface area contributed by atoms with Gasteiger partial charge in [0.1, 0.15) is 0 Å². The van der Waals surface area contributed by atoms with E-state index in [-0.39, 0.29) is 0 Å². The maximum atomic E-state index is 5.69. The van der Waals surface area contributed by atoms with Crippen molar-refractivity contribution in [2.75, 3.05) is 6.61 Å². The molecule has 1 nitrogen and oxygen atoms in total. The minimum atomic E-state index is 0.474. The first-order valence-corrected chi connectivity index (χ1v) is 5.32. The van der Waals surface area contributed by atoms with Crippen LogP contribution in [0.3, 0.4) is 0 Å². The number of ether oxygens (including phenoxy) is 1. The van der Waals surface area contributed by atoms with Crippen LogP contribution in [0, 0.1) is 11.3 Å². The molecule has 1 heterocycles. The topological polar surface area (TPSA) is 9.23 Å². The van der Waals surface area contributed by atoms with Gasteiger partial charge in [0.15, 0.2) is 0 Å². The van der Waals surface area contributed by atoms with Gasteiger partial charge in [0.2, 0.25) is 0 Å². The van der Waals surface area contributed by atoms with Crippen molar-refractivity contribution < 1.29 is 4.74 Å². The summed E-state index contributed by atoms with van der Waals surface area (Å²) in [7, 11) is 0. The molecule has 12 heavy (non-hydrogen) atoms. The van der Waals surface area contributed by atoms with Gasteiger partial charge in [-0.3, -0.25) is 0 Å². The smallest absolute Gasteiger partial charge is 0.0676 e. The van der Waals surface area contributed by atoms with Crippen LogP contribution in [0.4, 0.5) is 0 Å². The first-order valence-electron chi connectivity index (χ1n) is 5.32. The molecule has 2 rings (SSSR count). The van der Waals surface area contributed by atoms with E-state index in [0.29, 0.717) is 11.5 Å². The van der Waals surface area contributed by atoms with Gasteiger partial charge in [0.25, 0.3) is 0 Å². The van der Waals surface area contributed by atoms with Gasteiger partial charge in [-0.15, -0.1) is 0 Å². The third kappa shape index (κ3) is 1.39. The van der Waals surface area contributed by atoms with Crippen molar-refractivity contribution in [3.8, 4) is 0 Å². The molecular weight excluding hydrogens is 148 g/mol. The number of rotatable bonds is 1. The average molecular weight is 168 g/mol. The molecule has 0 N–H and O–H groups in total. The largest absolute Gasteiger partial charge is 0.377 e. The van der Waals surface area contributed by atoms with Crippen molar-refractivity contribution in [1.29, 1.82) is 0 Å². The maximum Gasteiger partial charge on any atom is 0.0676 e. The summed E-state index contributed by atoms with van der Waals surface area (Å²) in [5, 5.41) is 0. The first kappa shape index (κ1) is 8.55. The SMILES string of the molecule is CC1(C)COC1C1CCCCC1. The van der Waals surface area contributed by atoms with Crippen molar-refractivity contribution in [1.82, 2.24) is 0 Å². The molecule has 1 saturated heterocycles. The Balaban J connectivity index is 1.91. The van der Waals surface area contributed by atoms with Crippen molar-refractivity contribution in [2.24, 2.45) is 11.3 Å². The molecule has 0 aromatic heterocycles. The molecule has 0 radical (unpaired) electrons. The Morgan fingerprint density at radius 1 is 1.08 bits per heavy atom. The van der Waals surface area contributed by atoms with Gasteiger partial charge < -0.3 is 4.74 Å². The van der Waals surface area contributed by atoms with Gasteiger partial charge in [-0.25, -0.2) is 0 Å². The van der Waals surface area contributed by atoms with E-state index in [9.17, 15) is 0 Å². The van der Waals surface area contributed by atoms with Crippen molar-refractivity contribution in [2.45, 2.75) is 52.1 Å². The molecule has 1 unspecified atom stereocenters. The molecule has 1 atom stereocenters. The fourth-order valence-electron chi connectivity index (χ4n) is 2.72. The van der Waals surface area contributed by atoms with Crippen LogP contribution in [0.1, 0.15) is 46.0 Å². The van der Waals surface area contributed by atoms with Crippen LogP contribution in [0.15, 0.2) is 0 Å². The van der Waals surface area contributed by atoms with Gasteiger partial charge in [-0.1, -0.05) is 33.1 Å². The fourth-order valence-corrected chi connectivity index (χ4v) is 2.72. The minimum absolute atomic E-state index is 0.474. The molecule has 1 saturated carbocycles. The van der Waals surface area contributed by atoms with E-state index in [0.717, 1.165) is 12.5 Å². The first-order chi connectivity index (χ1) is 5.70. The molecule has 0 spiro atoms. The van der Waals surface area contributed by atoms with E-state index in [1.165, 1.54) is 32.1 Å². The molecular formula is C11H20O. The van der Waals surface area contributed by atoms with Crippen LogP contribution in [0.5, 0.6) is 0 Å². The summed E-state index contributed by atoms with van der Waals surface area (Å²) in [6.45, 7) is 5.67. The number of hydrogen-bond donors (Lipinski definition) is 0. The van der Waals surface area contributed by atoms with E-state index < -0.39 is 0 Å². The molecule has 2 fully saturated rings. The van der Waals surface area contributed by atoms with E-state index in [1.807, 2.05) is 0 Å². The average Bonchev–Trinajstić information content (AvgIpc) is 2.05. The van der Waals surface area contributed by atoms with Crippen LogP contribution in [0.25, 0.3) is 0 Å². The van der Waals surface area contributed by atoms with Gasteiger partial charge in [-0.2, -0.15) is 0 Å². The maximum absolute atomic E-state index is 5.69. The summed E-state index contributed by atoms with van der Waals surface area (Å²) in [5.41, 5.74) is 0.474. The van der Waals surface area contributed by atoms with E-state index >= 15 is 0 Å². The monoisotopic (exact) mass is 168 g/mol. The highest BCUT2D eigenvalue weighted by Gasteiger charge is 2.44. The minimum Gasteiger partial charge on any atom is -0.377 e. The lowest BCUT2D eigenvalue weighted by Crippen LogP contribution is -2.52. The summed E-state index contributed by atoms with van der Waals surface area (Å²) in [6.07, 6.45) is 7.71. The summed E-state index contributed by atoms with van der Waals surface area (Å²) < 4.78 is 5.69. The summed E-state index contributed by atoms with van der Waals surface area (Å²) >= 11 is 0. The molecule has 0 bridgehead atoms. The summed E-state index contributed by atoms with van der Waals surface area (Å²) in [4.78, 5) is 0. The summed E-state index contributed by atoms with van der Waals surface area (Å²) in [6, 6.07) is 0. The van der Waals surface area contributed by atoms with Crippen molar-refractivity contribution >= 4 is 0 Å². The molecule has 2 aliphatic rings. The Morgan fingerprint density at radius 3 is 2.17 bits per heavy atom. The number of hydrogen-bond acceptors (Lipinski definition) is 1. The normalized spacial score (nSPS) is 36.0. The van der Waals surface area contributed by atoms with Gasteiger partial charge in [-0.05, 0) is 18.8 Å². The van der Waals surface area contributed by atoms with Gasteiger partial charge in [0.05, 0.1) is 12.7 Å². The predicted octanol–water partition coefficient (Wildman–Crippen LogP) is 2.99. The predicted molar refractivity (Wildman–Crippen MR) is 50.1 cm³/mol. The Morgan fingerprint density at radius 2 is 1.75 bits per heavy atom. The van der Waals surface area contributed by atoms with Crippen LogP contribution in [-0.2, 0) is 4.74 Å². The Kier molecular flexibility index (Phi) is 2.16. The zero-order valence-electron chi connectivity index (χ0n) is 8.31. The highest BCUT2D eigenvalue weighted by atomic mass is 16.5. The second-order valence-corrected chi connectivity index (χ2v) is 5.12. The van der Waals surface area contributed by atoms with Crippen LogP contribution in [0.2, 0.25) is 0 Å². The Bertz CT molecular complexity index is 156.